The molecule has 0 saturated heterocycles. The molecule has 6 nitrogen and oxygen atoms in total. The van der Waals surface area contributed by atoms with Gasteiger partial charge in [-0.15, -0.1) is 0 Å². The summed E-state index contributed by atoms with van der Waals surface area (Å²) in [6, 6.07) is 4.23. The third-order valence-electron chi connectivity index (χ3n) is 2.76. The second-order valence-electron chi connectivity index (χ2n) is 4.05. The summed E-state index contributed by atoms with van der Waals surface area (Å²) in [6.07, 6.45) is 0.0934. The maximum atomic E-state index is 12.3. The molecule has 1 rings (SSSR count). The van der Waals surface area contributed by atoms with E-state index >= 15 is 0 Å². The van der Waals surface area contributed by atoms with Gasteiger partial charge in [0.1, 0.15) is 5.75 Å². The molecule has 0 aliphatic carbocycles. The van der Waals surface area contributed by atoms with E-state index in [-0.39, 0.29) is 28.8 Å². The zero-order valence-electron chi connectivity index (χ0n) is 11.5. The summed E-state index contributed by atoms with van der Waals surface area (Å²) in [6.45, 7) is 0.0889. The van der Waals surface area contributed by atoms with E-state index in [9.17, 15) is 13.2 Å². The van der Waals surface area contributed by atoms with Crippen molar-refractivity contribution >= 4 is 27.5 Å². The Morgan fingerprint density at radius 1 is 1.45 bits per heavy atom. The van der Waals surface area contributed by atoms with Gasteiger partial charge in [-0.05, 0) is 18.2 Å². The van der Waals surface area contributed by atoms with Crippen molar-refractivity contribution in [1.29, 1.82) is 0 Å². The van der Waals surface area contributed by atoms with Crippen LogP contribution in [-0.2, 0) is 14.8 Å². The van der Waals surface area contributed by atoms with Crippen LogP contribution in [0, 0.1) is 0 Å². The molecular weight excluding hydrogens is 304 g/mol. The number of carbonyl (C=O) groups is 1. The Labute approximate surface area is 123 Å². The first-order valence-corrected chi connectivity index (χ1v) is 7.65. The van der Waals surface area contributed by atoms with E-state index in [0.717, 1.165) is 4.31 Å². The van der Waals surface area contributed by atoms with Crippen LogP contribution in [0.1, 0.15) is 6.42 Å². The lowest BCUT2D eigenvalue weighted by atomic mass is 10.3. The Kier molecular flexibility index (Phi) is 5.79. The number of hydrogen-bond acceptors (Lipinski definition) is 4. The molecule has 1 N–H and O–H groups in total. The second kappa shape index (κ2) is 6.92. The predicted molar refractivity (Wildman–Crippen MR) is 76.5 cm³/mol. The highest BCUT2D eigenvalue weighted by molar-refractivity contribution is 7.89. The van der Waals surface area contributed by atoms with Gasteiger partial charge in [0.05, 0.1) is 17.0 Å². The lowest BCUT2D eigenvalue weighted by Crippen LogP contribution is -2.31. The van der Waals surface area contributed by atoms with Gasteiger partial charge >= 0.3 is 0 Å². The molecule has 0 aliphatic rings. The summed E-state index contributed by atoms with van der Waals surface area (Å²) in [5, 5.41) is 2.65. The van der Waals surface area contributed by atoms with Gasteiger partial charge in [-0.1, -0.05) is 11.6 Å². The largest absolute Gasteiger partial charge is 0.495 e. The molecule has 0 aromatic heterocycles. The van der Waals surface area contributed by atoms with Crippen molar-refractivity contribution in [1.82, 2.24) is 9.62 Å². The highest BCUT2D eigenvalue weighted by Crippen LogP contribution is 2.28. The minimum atomic E-state index is -3.68. The molecule has 0 bridgehead atoms. The zero-order chi connectivity index (χ0) is 15.3. The smallest absolute Gasteiger partial charge is 0.242 e. The molecule has 0 heterocycles. The van der Waals surface area contributed by atoms with E-state index in [4.69, 9.17) is 16.3 Å². The van der Waals surface area contributed by atoms with Crippen molar-refractivity contribution in [2.75, 3.05) is 27.7 Å². The monoisotopic (exact) mass is 320 g/mol. The molecule has 1 aromatic rings. The number of amides is 1. The Balaban J connectivity index is 2.92. The molecule has 0 radical (unpaired) electrons. The van der Waals surface area contributed by atoms with Crippen molar-refractivity contribution in [2.45, 2.75) is 11.3 Å². The normalized spacial score (nSPS) is 11.4. The van der Waals surface area contributed by atoms with Gasteiger partial charge in [0, 0.05) is 27.1 Å². The number of halogens is 1. The number of nitrogens with one attached hydrogen (secondary N) is 1. The zero-order valence-corrected chi connectivity index (χ0v) is 13.1. The lowest BCUT2D eigenvalue weighted by Gasteiger charge is -2.17. The first-order valence-electron chi connectivity index (χ1n) is 5.83. The van der Waals surface area contributed by atoms with E-state index in [1.165, 1.54) is 39.4 Å². The summed E-state index contributed by atoms with van der Waals surface area (Å²) in [4.78, 5) is 11.2. The molecule has 0 unspecified atom stereocenters. The second-order valence-corrected chi connectivity index (χ2v) is 6.50. The lowest BCUT2D eigenvalue weighted by molar-refractivity contribution is -0.120. The van der Waals surface area contributed by atoms with Gasteiger partial charge in [0.15, 0.2) is 0 Å². The third kappa shape index (κ3) is 3.84. The molecule has 112 valence electrons. The molecule has 0 spiro atoms. The van der Waals surface area contributed by atoms with Gasteiger partial charge in [-0.2, -0.15) is 0 Å². The fourth-order valence-electron chi connectivity index (χ4n) is 1.49. The van der Waals surface area contributed by atoms with E-state index in [1.807, 2.05) is 0 Å². The molecule has 1 aromatic carbocycles. The summed E-state index contributed by atoms with van der Waals surface area (Å²) < 4.78 is 30.6. The summed E-state index contributed by atoms with van der Waals surface area (Å²) >= 11 is 5.92. The molecule has 0 saturated carbocycles. The highest BCUT2D eigenvalue weighted by atomic mass is 35.5. The van der Waals surface area contributed by atoms with Gasteiger partial charge in [0.25, 0.3) is 0 Å². The van der Waals surface area contributed by atoms with Crippen molar-refractivity contribution in [3.8, 4) is 5.75 Å². The average molecular weight is 321 g/mol. The minimum absolute atomic E-state index is 0.0581. The maximum Gasteiger partial charge on any atom is 0.242 e. The van der Waals surface area contributed by atoms with Crippen LogP contribution in [0.2, 0.25) is 5.02 Å². The number of rotatable bonds is 6. The number of hydrogen-bond donors (Lipinski definition) is 1. The topological polar surface area (TPSA) is 75.7 Å². The molecule has 0 aliphatic heterocycles. The van der Waals surface area contributed by atoms with E-state index < -0.39 is 10.0 Å². The minimum Gasteiger partial charge on any atom is -0.495 e. The van der Waals surface area contributed by atoms with Crippen LogP contribution < -0.4 is 10.1 Å². The fraction of sp³-hybridized carbons (Fsp3) is 0.417. The van der Waals surface area contributed by atoms with Crippen LogP contribution in [0.15, 0.2) is 23.1 Å². The predicted octanol–water partition coefficient (Wildman–Crippen LogP) is 1.11. The van der Waals surface area contributed by atoms with Crippen LogP contribution in [0.4, 0.5) is 0 Å². The summed E-state index contributed by atoms with van der Waals surface area (Å²) in [5.74, 6) is 0.179. The quantitative estimate of drug-likeness (QED) is 0.852. The Hall–Kier alpha value is -1.31. The number of benzene rings is 1. The molecular formula is C12H17ClN2O4S. The SMILES string of the molecule is CNC(=O)CCN(C)S(=O)(=O)c1ccc(OC)c(Cl)c1. The van der Waals surface area contributed by atoms with Crippen LogP contribution in [0.5, 0.6) is 5.75 Å². The van der Waals surface area contributed by atoms with Gasteiger partial charge < -0.3 is 10.1 Å². The molecule has 20 heavy (non-hydrogen) atoms. The summed E-state index contributed by atoms with van der Waals surface area (Å²) in [7, 11) is 0.685. The van der Waals surface area contributed by atoms with Crippen LogP contribution in [0.3, 0.4) is 0 Å². The number of carbonyl (C=O) groups excluding carboxylic acids is 1. The van der Waals surface area contributed by atoms with Crippen LogP contribution >= 0.6 is 11.6 Å². The fourth-order valence-corrected chi connectivity index (χ4v) is 3.01. The first-order chi connectivity index (χ1) is 9.32. The van der Waals surface area contributed by atoms with Gasteiger partial charge in [-0.3, -0.25) is 4.79 Å². The van der Waals surface area contributed by atoms with Crippen molar-refractivity contribution in [3.05, 3.63) is 23.2 Å². The number of sulfonamides is 1. The Morgan fingerprint density at radius 2 is 2.10 bits per heavy atom. The van der Waals surface area contributed by atoms with Crippen molar-refractivity contribution < 1.29 is 17.9 Å². The maximum absolute atomic E-state index is 12.3. The van der Waals surface area contributed by atoms with Gasteiger partial charge in [-0.25, -0.2) is 12.7 Å². The molecule has 1 amide bonds. The molecule has 0 atom stereocenters. The average Bonchev–Trinajstić information content (AvgIpc) is 2.43. The summed E-state index contributed by atoms with van der Waals surface area (Å²) in [5.41, 5.74) is 0. The van der Waals surface area contributed by atoms with Gasteiger partial charge in [0.2, 0.25) is 15.9 Å². The van der Waals surface area contributed by atoms with E-state index in [2.05, 4.69) is 5.32 Å². The van der Waals surface area contributed by atoms with Crippen LogP contribution in [0.25, 0.3) is 0 Å². The highest BCUT2D eigenvalue weighted by Gasteiger charge is 2.22. The molecule has 0 fully saturated rings. The Bertz CT molecular complexity index is 589. The number of methoxy groups -OCH3 is 1. The number of ether oxygens (including phenoxy) is 1. The van der Waals surface area contributed by atoms with Crippen molar-refractivity contribution in [3.63, 3.8) is 0 Å². The van der Waals surface area contributed by atoms with E-state index in [1.54, 1.807) is 0 Å². The number of nitrogens with zero attached hydrogens (tertiary/aromatic N) is 1. The third-order valence-corrected chi connectivity index (χ3v) is 4.91. The standard InChI is InChI=1S/C12H17ClN2O4S/c1-14-12(16)6-7-15(2)20(17,18)9-4-5-11(19-3)10(13)8-9/h4-5,8H,6-7H2,1-3H3,(H,14,16). The first kappa shape index (κ1) is 16.7. The van der Waals surface area contributed by atoms with Crippen LogP contribution in [-0.4, -0.2) is 46.4 Å². The van der Waals surface area contributed by atoms with Crippen molar-refractivity contribution in [2.24, 2.45) is 0 Å². The van der Waals surface area contributed by atoms with E-state index in [0.29, 0.717) is 5.75 Å². The molecule has 8 heteroatoms. The Morgan fingerprint density at radius 3 is 2.60 bits per heavy atom.